The first kappa shape index (κ1) is 10.4. The van der Waals surface area contributed by atoms with E-state index in [0.29, 0.717) is 0 Å². The van der Waals surface area contributed by atoms with Crippen molar-refractivity contribution in [2.75, 3.05) is 0 Å². The van der Waals surface area contributed by atoms with E-state index in [4.69, 9.17) is 4.42 Å². The number of nitro groups is 1. The minimum atomic E-state index is -0.667. The van der Waals surface area contributed by atoms with Gasteiger partial charge in [-0.3, -0.25) is 14.9 Å². The van der Waals surface area contributed by atoms with E-state index in [1.165, 1.54) is 12.1 Å². The first-order valence-corrected chi connectivity index (χ1v) is 4.11. The normalized spacial score (nSPS) is 11.4. The average molecular weight is 197 g/mol. The Labute approximate surface area is 80.9 Å². The van der Waals surface area contributed by atoms with Crippen molar-refractivity contribution in [2.24, 2.45) is 5.41 Å². The summed E-state index contributed by atoms with van der Waals surface area (Å²) in [7, 11) is 0. The Bertz CT molecular complexity index is 372. The second-order valence-electron chi connectivity index (χ2n) is 3.97. The van der Waals surface area contributed by atoms with Crippen molar-refractivity contribution in [3.63, 3.8) is 0 Å². The lowest BCUT2D eigenvalue weighted by atomic mass is 9.89. The van der Waals surface area contributed by atoms with Crippen LogP contribution >= 0.6 is 0 Å². The van der Waals surface area contributed by atoms with Crippen LogP contribution in [-0.2, 0) is 0 Å². The SMILES string of the molecule is CC(C)(C)C(=O)c1ccc([N+](=O)[O-])o1. The molecule has 0 fully saturated rings. The predicted molar refractivity (Wildman–Crippen MR) is 49.1 cm³/mol. The van der Waals surface area contributed by atoms with Crippen LogP contribution in [-0.4, -0.2) is 10.7 Å². The molecule has 1 aromatic rings. The molecule has 0 N–H and O–H groups in total. The molecule has 0 amide bonds. The Kier molecular flexibility index (Phi) is 2.42. The van der Waals surface area contributed by atoms with Crippen LogP contribution < -0.4 is 0 Å². The Morgan fingerprint density at radius 3 is 2.36 bits per heavy atom. The summed E-state index contributed by atoms with van der Waals surface area (Å²) in [6.45, 7) is 5.18. The van der Waals surface area contributed by atoms with Crippen LogP contribution in [0.15, 0.2) is 16.5 Å². The summed E-state index contributed by atoms with van der Waals surface area (Å²) in [5.74, 6) is -0.618. The van der Waals surface area contributed by atoms with Crippen LogP contribution in [0.4, 0.5) is 5.88 Å². The van der Waals surface area contributed by atoms with Gasteiger partial charge in [0, 0.05) is 5.41 Å². The van der Waals surface area contributed by atoms with E-state index < -0.39 is 16.2 Å². The number of furan rings is 1. The van der Waals surface area contributed by atoms with E-state index in [9.17, 15) is 14.9 Å². The number of Topliss-reactive ketones (excluding diaryl/α,β-unsaturated/α-hetero) is 1. The number of ketones is 1. The highest BCUT2D eigenvalue weighted by Gasteiger charge is 2.27. The van der Waals surface area contributed by atoms with Crippen molar-refractivity contribution in [1.82, 2.24) is 0 Å². The monoisotopic (exact) mass is 197 g/mol. The molecule has 0 unspecified atom stereocenters. The van der Waals surface area contributed by atoms with Gasteiger partial charge in [-0.25, -0.2) is 0 Å². The summed E-state index contributed by atoms with van der Waals surface area (Å²) in [5, 5.41) is 10.3. The second-order valence-corrected chi connectivity index (χ2v) is 3.97. The Hall–Kier alpha value is -1.65. The van der Waals surface area contributed by atoms with Gasteiger partial charge in [0.25, 0.3) is 0 Å². The lowest BCUT2D eigenvalue weighted by molar-refractivity contribution is -0.402. The van der Waals surface area contributed by atoms with Gasteiger partial charge in [-0.2, -0.15) is 0 Å². The third-order valence-electron chi connectivity index (χ3n) is 1.68. The molecule has 0 saturated heterocycles. The minimum absolute atomic E-state index is 0.0317. The maximum atomic E-state index is 11.6. The van der Waals surface area contributed by atoms with E-state index in [2.05, 4.69) is 0 Å². The van der Waals surface area contributed by atoms with E-state index in [0.717, 1.165) is 0 Å². The maximum absolute atomic E-state index is 11.6. The van der Waals surface area contributed by atoms with Gasteiger partial charge in [0.1, 0.15) is 4.92 Å². The van der Waals surface area contributed by atoms with Gasteiger partial charge in [0.05, 0.1) is 6.07 Å². The highest BCUT2D eigenvalue weighted by Crippen LogP contribution is 2.24. The summed E-state index contributed by atoms with van der Waals surface area (Å²) < 4.78 is 4.78. The molecule has 1 heterocycles. The van der Waals surface area contributed by atoms with Crippen molar-refractivity contribution in [1.29, 1.82) is 0 Å². The lowest BCUT2D eigenvalue weighted by Gasteiger charge is -2.13. The van der Waals surface area contributed by atoms with Crippen LogP contribution in [0, 0.1) is 15.5 Å². The largest absolute Gasteiger partial charge is 0.433 e. The summed E-state index contributed by atoms with van der Waals surface area (Å²) >= 11 is 0. The molecule has 14 heavy (non-hydrogen) atoms. The van der Waals surface area contributed by atoms with Crippen molar-refractivity contribution in [3.8, 4) is 0 Å². The zero-order valence-corrected chi connectivity index (χ0v) is 8.23. The summed E-state index contributed by atoms with van der Waals surface area (Å²) in [6.07, 6.45) is 0. The number of hydrogen-bond donors (Lipinski definition) is 0. The van der Waals surface area contributed by atoms with Crippen molar-refractivity contribution >= 4 is 11.7 Å². The second kappa shape index (κ2) is 3.25. The number of carbonyl (C=O) groups excluding carboxylic acids is 1. The third kappa shape index (κ3) is 1.99. The molecule has 0 bridgehead atoms. The van der Waals surface area contributed by atoms with Crippen LogP contribution in [0.1, 0.15) is 31.3 Å². The molecule has 5 nitrogen and oxygen atoms in total. The van der Waals surface area contributed by atoms with Crippen molar-refractivity contribution < 1.29 is 14.1 Å². The Morgan fingerprint density at radius 1 is 1.43 bits per heavy atom. The first-order chi connectivity index (χ1) is 6.32. The zero-order chi connectivity index (χ0) is 10.9. The van der Waals surface area contributed by atoms with E-state index in [1.54, 1.807) is 20.8 Å². The molecule has 76 valence electrons. The third-order valence-corrected chi connectivity index (χ3v) is 1.68. The first-order valence-electron chi connectivity index (χ1n) is 4.11. The van der Waals surface area contributed by atoms with Crippen LogP contribution in [0.3, 0.4) is 0 Å². The highest BCUT2D eigenvalue weighted by molar-refractivity contribution is 5.97. The van der Waals surface area contributed by atoms with Gasteiger partial charge in [-0.15, -0.1) is 0 Å². The molecule has 5 heteroatoms. The average Bonchev–Trinajstić information content (AvgIpc) is 2.48. The van der Waals surface area contributed by atoms with Crippen molar-refractivity contribution in [2.45, 2.75) is 20.8 Å². The number of hydrogen-bond acceptors (Lipinski definition) is 4. The molecular weight excluding hydrogens is 186 g/mol. The maximum Gasteiger partial charge on any atom is 0.433 e. The molecule has 0 aliphatic heterocycles. The number of carbonyl (C=O) groups is 1. The van der Waals surface area contributed by atoms with Gasteiger partial charge in [-0.1, -0.05) is 20.8 Å². The Balaban J connectivity index is 2.99. The Morgan fingerprint density at radius 2 is 2.00 bits per heavy atom. The molecular formula is C9H11NO4. The lowest BCUT2D eigenvalue weighted by Crippen LogP contribution is -2.19. The van der Waals surface area contributed by atoms with Gasteiger partial charge in [-0.05, 0) is 6.07 Å². The van der Waals surface area contributed by atoms with Gasteiger partial charge in [0.2, 0.25) is 5.78 Å². The summed E-state index contributed by atoms with van der Waals surface area (Å²) in [4.78, 5) is 21.2. The highest BCUT2D eigenvalue weighted by atomic mass is 16.6. The van der Waals surface area contributed by atoms with Gasteiger partial charge < -0.3 is 4.42 Å². The molecule has 0 aromatic carbocycles. The quantitative estimate of drug-likeness (QED) is 0.414. The molecule has 0 spiro atoms. The standard InChI is InChI=1S/C9H11NO4/c1-9(2,3)8(11)6-4-5-7(14-6)10(12)13/h4-5H,1-3H3. The fourth-order valence-corrected chi connectivity index (χ4v) is 0.917. The molecule has 1 rings (SSSR count). The smallest absolute Gasteiger partial charge is 0.397 e. The van der Waals surface area contributed by atoms with E-state index in [-0.39, 0.29) is 11.5 Å². The molecule has 0 saturated carbocycles. The molecule has 0 aliphatic rings. The van der Waals surface area contributed by atoms with E-state index >= 15 is 0 Å². The molecule has 0 atom stereocenters. The van der Waals surface area contributed by atoms with Gasteiger partial charge >= 0.3 is 5.88 Å². The fraction of sp³-hybridized carbons (Fsp3) is 0.444. The zero-order valence-electron chi connectivity index (χ0n) is 8.23. The molecule has 0 radical (unpaired) electrons. The van der Waals surface area contributed by atoms with Crippen molar-refractivity contribution in [3.05, 3.63) is 28.0 Å². The number of nitrogens with zero attached hydrogens (tertiary/aromatic N) is 1. The summed E-state index contributed by atoms with van der Waals surface area (Å²) in [6, 6.07) is 2.50. The van der Waals surface area contributed by atoms with Gasteiger partial charge in [0.15, 0.2) is 5.76 Å². The fourth-order valence-electron chi connectivity index (χ4n) is 0.917. The summed E-state index contributed by atoms with van der Waals surface area (Å²) in [5.41, 5.74) is -0.592. The predicted octanol–water partition coefficient (Wildman–Crippen LogP) is 2.42. The van der Waals surface area contributed by atoms with E-state index in [1.807, 2.05) is 0 Å². The topological polar surface area (TPSA) is 73.3 Å². The molecule has 0 aliphatic carbocycles. The molecule has 1 aromatic heterocycles. The van der Waals surface area contributed by atoms with Crippen LogP contribution in [0.2, 0.25) is 0 Å². The van der Waals surface area contributed by atoms with Crippen LogP contribution in [0.25, 0.3) is 0 Å². The van der Waals surface area contributed by atoms with Crippen LogP contribution in [0.5, 0.6) is 0 Å². The minimum Gasteiger partial charge on any atom is -0.397 e. The number of rotatable bonds is 2.